The molecule has 0 bridgehead atoms. The molecule has 1 amide bonds. The molecule has 1 aromatic carbocycles. The maximum Gasteiger partial charge on any atom is 0.239 e. The first-order valence-electron chi connectivity index (χ1n) is 9.41. The highest BCUT2D eigenvalue weighted by atomic mass is 35.5. The summed E-state index contributed by atoms with van der Waals surface area (Å²) in [5, 5.41) is 6.42. The molecule has 0 radical (unpaired) electrons. The third-order valence-corrected chi connectivity index (χ3v) is 5.58. The van der Waals surface area contributed by atoms with Crippen LogP contribution >= 0.6 is 12.4 Å². The Kier molecular flexibility index (Phi) is 7.91. The highest BCUT2D eigenvalue weighted by Gasteiger charge is 2.38. The maximum absolute atomic E-state index is 12.7. The van der Waals surface area contributed by atoms with Crippen LogP contribution in [0.1, 0.15) is 30.9 Å². The summed E-state index contributed by atoms with van der Waals surface area (Å²) in [5.74, 6) is 0.869. The molecule has 2 aliphatic rings. The lowest BCUT2D eigenvalue weighted by Crippen LogP contribution is -2.57. The summed E-state index contributed by atoms with van der Waals surface area (Å²) in [4.78, 5) is 12.7. The summed E-state index contributed by atoms with van der Waals surface area (Å²) in [6.45, 7) is 7.31. The molecule has 2 atom stereocenters. The van der Waals surface area contributed by atoms with E-state index in [1.54, 1.807) is 7.11 Å². The van der Waals surface area contributed by atoms with Gasteiger partial charge >= 0.3 is 0 Å². The zero-order valence-corrected chi connectivity index (χ0v) is 17.2. The second-order valence-electron chi connectivity index (χ2n) is 7.32. The van der Waals surface area contributed by atoms with Crippen LogP contribution in [-0.4, -0.2) is 58.1 Å². The van der Waals surface area contributed by atoms with Crippen LogP contribution in [-0.2, 0) is 19.7 Å². The molecule has 27 heavy (non-hydrogen) atoms. The average molecular weight is 399 g/mol. The van der Waals surface area contributed by atoms with E-state index in [9.17, 15) is 4.79 Å². The number of rotatable bonds is 5. The lowest BCUT2D eigenvalue weighted by atomic mass is 9.73. The third-order valence-electron chi connectivity index (χ3n) is 5.58. The van der Waals surface area contributed by atoms with Crippen molar-refractivity contribution < 1.29 is 19.0 Å². The van der Waals surface area contributed by atoms with E-state index >= 15 is 0 Å². The molecule has 2 aliphatic heterocycles. The van der Waals surface area contributed by atoms with E-state index in [1.165, 1.54) is 5.56 Å². The molecule has 0 unspecified atom stereocenters. The van der Waals surface area contributed by atoms with E-state index in [0.717, 1.165) is 24.2 Å². The highest BCUT2D eigenvalue weighted by Crippen LogP contribution is 2.40. The summed E-state index contributed by atoms with van der Waals surface area (Å²) < 4.78 is 16.8. The topological polar surface area (TPSA) is 68.8 Å². The first-order valence-corrected chi connectivity index (χ1v) is 9.41. The Labute approximate surface area is 167 Å². The predicted octanol–water partition coefficient (Wildman–Crippen LogP) is 1.97. The van der Waals surface area contributed by atoms with Crippen molar-refractivity contribution in [3.63, 3.8) is 0 Å². The molecule has 1 aromatic rings. The number of benzene rings is 1. The van der Waals surface area contributed by atoms with Crippen molar-refractivity contribution >= 4 is 18.3 Å². The molecule has 0 aromatic heterocycles. The molecule has 2 heterocycles. The number of ether oxygens (including phenoxy) is 3. The van der Waals surface area contributed by atoms with Gasteiger partial charge in [-0.1, -0.05) is 17.7 Å². The number of carbonyl (C=O) groups is 1. The minimum absolute atomic E-state index is 0. The van der Waals surface area contributed by atoms with Gasteiger partial charge in [0, 0.05) is 37.3 Å². The summed E-state index contributed by atoms with van der Waals surface area (Å²) in [6.07, 6.45) is 1.59. The van der Waals surface area contributed by atoms with Gasteiger partial charge in [-0.25, -0.2) is 0 Å². The highest BCUT2D eigenvalue weighted by molar-refractivity contribution is 5.85. The number of hydrogen-bond donors (Lipinski definition) is 2. The molecule has 152 valence electrons. The van der Waals surface area contributed by atoms with Crippen molar-refractivity contribution in [2.24, 2.45) is 0 Å². The molecule has 2 fully saturated rings. The fourth-order valence-electron chi connectivity index (χ4n) is 3.93. The Morgan fingerprint density at radius 3 is 2.74 bits per heavy atom. The van der Waals surface area contributed by atoms with E-state index < -0.39 is 0 Å². The van der Waals surface area contributed by atoms with E-state index in [-0.39, 0.29) is 35.9 Å². The standard InChI is InChI=1S/C20H30N2O4.ClH/c1-14-4-5-17(24-3)16(12-14)20(6-9-25-10-7-20)13-22-19(23)18-15(2)26-11-8-21-18;/h4-5,12,15,18,21H,6-11,13H2,1-3H3,(H,22,23);1H/t15-,18+;/m1./s1. The van der Waals surface area contributed by atoms with E-state index in [0.29, 0.717) is 32.9 Å². The fourth-order valence-corrected chi connectivity index (χ4v) is 3.93. The van der Waals surface area contributed by atoms with Crippen LogP contribution in [0.3, 0.4) is 0 Å². The number of aryl methyl sites for hydroxylation is 1. The lowest BCUT2D eigenvalue weighted by molar-refractivity contribution is -0.129. The minimum atomic E-state index is -0.306. The molecular formula is C20H31ClN2O4. The van der Waals surface area contributed by atoms with Crippen molar-refractivity contribution in [2.75, 3.05) is 40.0 Å². The molecule has 3 rings (SSSR count). The van der Waals surface area contributed by atoms with Crippen LogP contribution in [0.4, 0.5) is 0 Å². The fraction of sp³-hybridized carbons (Fsp3) is 0.650. The first kappa shape index (κ1) is 22.0. The van der Waals surface area contributed by atoms with Gasteiger partial charge < -0.3 is 24.8 Å². The first-order chi connectivity index (χ1) is 12.6. The Morgan fingerprint density at radius 1 is 1.33 bits per heavy atom. The molecule has 7 heteroatoms. The molecule has 6 nitrogen and oxygen atoms in total. The molecule has 0 spiro atoms. The van der Waals surface area contributed by atoms with Crippen molar-refractivity contribution in [3.05, 3.63) is 29.3 Å². The van der Waals surface area contributed by atoms with Crippen molar-refractivity contribution in [3.8, 4) is 5.75 Å². The quantitative estimate of drug-likeness (QED) is 0.793. The largest absolute Gasteiger partial charge is 0.496 e. The van der Waals surface area contributed by atoms with E-state index in [4.69, 9.17) is 14.2 Å². The minimum Gasteiger partial charge on any atom is -0.496 e. The van der Waals surface area contributed by atoms with Gasteiger partial charge in [0.15, 0.2) is 0 Å². The van der Waals surface area contributed by atoms with Gasteiger partial charge in [0.05, 0.1) is 19.8 Å². The predicted molar refractivity (Wildman–Crippen MR) is 107 cm³/mol. The van der Waals surface area contributed by atoms with Gasteiger partial charge in [0.1, 0.15) is 11.8 Å². The smallest absolute Gasteiger partial charge is 0.239 e. The van der Waals surface area contributed by atoms with Crippen LogP contribution < -0.4 is 15.4 Å². The number of morpholine rings is 1. The summed E-state index contributed by atoms with van der Waals surface area (Å²) >= 11 is 0. The lowest BCUT2D eigenvalue weighted by Gasteiger charge is -2.39. The average Bonchev–Trinajstić information content (AvgIpc) is 2.67. The molecule has 2 N–H and O–H groups in total. The number of methoxy groups -OCH3 is 1. The zero-order chi connectivity index (χ0) is 18.6. The summed E-state index contributed by atoms with van der Waals surface area (Å²) in [7, 11) is 1.70. The number of halogens is 1. The van der Waals surface area contributed by atoms with E-state index in [1.807, 2.05) is 13.0 Å². The maximum atomic E-state index is 12.7. The van der Waals surface area contributed by atoms with E-state index in [2.05, 4.69) is 29.7 Å². The summed E-state index contributed by atoms with van der Waals surface area (Å²) in [6, 6.07) is 5.95. The Morgan fingerprint density at radius 2 is 2.07 bits per heavy atom. The van der Waals surface area contributed by atoms with Crippen LogP contribution in [0.25, 0.3) is 0 Å². The van der Waals surface area contributed by atoms with Crippen molar-refractivity contribution in [1.29, 1.82) is 0 Å². The number of nitrogens with one attached hydrogen (secondary N) is 2. The van der Waals surface area contributed by atoms with Crippen LogP contribution in [0.5, 0.6) is 5.75 Å². The van der Waals surface area contributed by atoms with Gasteiger partial charge in [-0.2, -0.15) is 0 Å². The van der Waals surface area contributed by atoms with Gasteiger partial charge in [0.2, 0.25) is 5.91 Å². The number of carbonyl (C=O) groups excluding carboxylic acids is 1. The van der Waals surface area contributed by atoms with Crippen LogP contribution in [0.2, 0.25) is 0 Å². The van der Waals surface area contributed by atoms with Gasteiger partial charge in [0.25, 0.3) is 0 Å². The molecule has 0 saturated carbocycles. The third kappa shape index (κ3) is 4.93. The monoisotopic (exact) mass is 398 g/mol. The zero-order valence-electron chi connectivity index (χ0n) is 16.4. The second kappa shape index (κ2) is 9.73. The van der Waals surface area contributed by atoms with Crippen molar-refractivity contribution in [1.82, 2.24) is 10.6 Å². The summed E-state index contributed by atoms with van der Waals surface area (Å²) in [5.41, 5.74) is 2.17. The molecular weight excluding hydrogens is 368 g/mol. The molecule has 2 saturated heterocycles. The van der Waals surface area contributed by atoms with Gasteiger partial charge in [-0.15, -0.1) is 12.4 Å². The number of hydrogen-bond acceptors (Lipinski definition) is 5. The van der Waals surface area contributed by atoms with Crippen LogP contribution in [0, 0.1) is 6.92 Å². The van der Waals surface area contributed by atoms with Gasteiger partial charge in [-0.05, 0) is 32.8 Å². The van der Waals surface area contributed by atoms with Crippen molar-refractivity contribution in [2.45, 2.75) is 44.2 Å². The SMILES string of the molecule is COc1ccc(C)cc1C1(CNC(=O)[C@H]2NCCO[C@@H]2C)CCOCC1.Cl. The van der Waals surface area contributed by atoms with Gasteiger partial charge in [-0.3, -0.25) is 4.79 Å². The normalized spacial score (nSPS) is 24.6. The molecule has 0 aliphatic carbocycles. The van der Waals surface area contributed by atoms with Crippen LogP contribution in [0.15, 0.2) is 18.2 Å². The second-order valence-corrected chi connectivity index (χ2v) is 7.32. The Hall–Kier alpha value is -1.34. The number of amides is 1. The Balaban J connectivity index is 0.00000261. The Bertz CT molecular complexity index is 634.